The summed E-state index contributed by atoms with van der Waals surface area (Å²) in [6.45, 7) is 5.11. The molecule has 0 amide bonds. The van der Waals surface area contributed by atoms with Gasteiger partial charge in [0.25, 0.3) is 0 Å². The lowest BCUT2D eigenvalue weighted by atomic mass is 10.1. The largest absolute Gasteiger partial charge is 0.369 e. The monoisotopic (exact) mass is 470 g/mol. The lowest BCUT2D eigenvalue weighted by Crippen LogP contribution is -2.45. The van der Waals surface area contributed by atoms with E-state index in [1.807, 2.05) is 41.7 Å². The Morgan fingerprint density at radius 3 is 2.48 bits per heavy atom. The molecule has 4 rings (SSSR count). The maximum atomic E-state index is 8.11. The minimum absolute atomic E-state index is 0.282. The van der Waals surface area contributed by atoms with Gasteiger partial charge in [-0.2, -0.15) is 0 Å². The molecule has 0 atom stereocenters. The van der Waals surface area contributed by atoms with Gasteiger partial charge in [-0.25, -0.2) is 0 Å². The highest BCUT2D eigenvalue weighted by Gasteiger charge is 2.18. The first-order valence-corrected chi connectivity index (χ1v) is 11.8. The highest BCUT2D eigenvalue weighted by atomic mass is 35.5. The molecule has 1 saturated heterocycles. The van der Waals surface area contributed by atoms with Crippen LogP contribution in [-0.4, -0.2) is 36.9 Å². The summed E-state index contributed by atoms with van der Waals surface area (Å²) in [5.74, 6) is 0.282. The van der Waals surface area contributed by atoms with E-state index in [1.165, 1.54) is 4.88 Å². The second-order valence-electron chi connectivity index (χ2n) is 7.43. The van der Waals surface area contributed by atoms with E-state index in [-0.39, 0.29) is 5.84 Å². The van der Waals surface area contributed by atoms with Crippen LogP contribution in [0.25, 0.3) is 6.08 Å². The number of anilines is 2. The Morgan fingerprint density at radius 2 is 1.81 bits per heavy atom. The van der Waals surface area contributed by atoms with Gasteiger partial charge in [0.15, 0.2) is 0 Å². The van der Waals surface area contributed by atoms with Crippen LogP contribution in [0.4, 0.5) is 11.4 Å². The molecule has 3 aromatic rings. The van der Waals surface area contributed by atoms with Gasteiger partial charge in [0.1, 0.15) is 5.84 Å². The second-order valence-corrected chi connectivity index (χ2v) is 9.30. The summed E-state index contributed by atoms with van der Waals surface area (Å²) in [7, 11) is 0. The summed E-state index contributed by atoms with van der Waals surface area (Å²) < 4.78 is 0. The number of nitrogens with zero attached hydrogens (tertiary/aromatic N) is 2. The zero-order valence-electron chi connectivity index (χ0n) is 17.0. The summed E-state index contributed by atoms with van der Waals surface area (Å²) in [5, 5.41) is 14.6. The van der Waals surface area contributed by atoms with Crippen molar-refractivity contribution in [3.63, 3.8) is 0 Å². The Hall–Kier alpha value is -2.31. The molecule has 0 bridgehead atoms. The quantitative estimate of drug-likeness (QED) is 0.320. The summed E-state index contributed by atoms with van der Waals surface area (Å²) >= 11 is 14.3. The van der Waals surface area contributed by atoms with Gasteiger partial charge in [0.2, 0.25) is 0 Å². The Bertz CT molecular complexity index is 1040. The van der Waals surface area contributed by atoms with E-state index in [9.17, 15) is 0 Å². The van der Waals surface area contributed by atoms with Crippen molar-refractivity contribution in [3.05, 3.63) is 86.5 Å². The number of hydrogen-bond donors (Lipinski definition) is 2. The minimum atomic E-state index is 0.282. The predicted octanol–water partition coefficient (Wildman–Crippen LogP) is 6.48. The molecule has 1 fully saturated rings. The molecular formula is C24H24Cl2N4S. The molecule has 0 radical (unpaired) electrons. The van der Waals surface area contributed by atoms with Crippen molar-refractivity contribution in [2.45, 2.75) is 6.54 Å². The SMILES string of the molecule is N=C(/C=C/c1ccc(N2CCN(Cc3cccs3)CC2)cc1Cl)Nc1ccc(Cl)cc1. The van der Waals surface area contributed by atoms with Crippen molar-refractivity contribution >= 4 is 57.8 Å². The molecular weight excluding hydrogens is 447 g/mol. The zero-order valence-corrected chi connectivity index (χ0v) is 19.4. The van der Waals surface area contributed by atoms with Gasteiger partial charge < -0.3 is 10.2 Å². The van der Waals surface area contributed by atoms with Crippen molar-refractivity contribution in [1.82, 2.24) is 4.90 Å². The first kappa shape index (κ1) is 21.9. The van der Waals surface area contributed by atoms with Crippen LogP contribution in [0.1, 0.15) is 10.4 Å². The van der Waals surface area contributed by atoms with Crippen molar-refractivity contribution in [3.8, 4) is 0 Å². The molecule has 0 aliphatic carbocycles. The highest BCUT2D eigenvalue weighted by molar-refractivity contribution is 7.09. The minimum Gasteiger partial charge on any atom is -0.369 e. The van der Waals surface area contributed by atoms with E-state index in [1.54, 1.807) is 18.2 Å². The predicted molar refractivity (Wildman–Crippen MR) is 135 cm³/mol. The van der Waals surface area contributed by atoms with Crippen LogP contribution in [0, 0.1) is 5.41 Å². The van der Waals surface area contributed by atoms with E-state index in [2.05, 4.69) is 38.7 Å². The molecule has 160 valence electrons. The molecule has 4 nitrogen and oxygen atoms in total. The number of hydrogen-bond acceptors (Lipinski definition) is 4. The van der Waals surface area contributed by atoms with E-state index < -0.39 is 0 Å². The third kappa shape index (κ3) is 6.11. The summed E-state index contributed by atoms with van der Waals surface area (Å²) in [4.78, 5) is 6.30. The smallest absolute Gasteiger partial charge is 0.122 e. The molecule has 1 aromatic heterocycles. The molecule has 31 heavy (non-hydrogen) atoms. The van der Waals surface area contributed by atoms with E-state index >= 15 is 0 Å². The summed E-state index contributed by atoms with van der Waals surface area (Å²) in [5.41, 5.74) is 2.86. The standard InChI is InChI=1S/C24H24Cl2N4S/c25-19-5-7-20(8-6-19)28-24(27)10-4-18-3-9-21(16-23(18)26)30-13-11-29(12-14-30)17-22-2-1-15-31-22/h1-10,15-16H,11-14,17H2,(H2,27,28)/b10-4+. The van der Waals surface area contributed by atoms with E-state index in [0.717, 1.165) is 49.7 Å². The average molecular weight is 471 g/mol. The molecule has 2 heterocycles. The second kappa shape index (κ2) is 10.3. The maximum Gasteiger partial charge on any atom is 0.122 e. The van der Waals surface area contributed by atoms with Gasteiger partial charge in [0.05, 0.1) is 0 Å². The van der Waals surface area contributed by atoms with Crippen LogP contribution in [0.3, 0.4) is 0 Å². The number of amidine groups is 1. The highest BCUT2D eigenvalue weighted by Crippen LogP contribution is 2.26. The molecule has 0 spiro atoms. The summed E-state index contributed by atoms with van der Waals surface area (Å²) in [6, 6.07) is 17.7. The van der Waals surface area contributed by atoms with Crippen LogP contribution in [-0.2, 0) is 6.54 Å². The van der Waals surface area contributed by atoms with Crippen molar-refractivity contribution in [1.29, 1.82) is 5.41 Å². The molecule has 0 saturated carbocycles. The molecule has 2 aromatic carbocycles. The third-order valence-corrected chi connectivity index (χ3v) is 6.67. The number of halogens is 2. The Morgan fingerprint density at radius 1 is 1.03 bits per heavy atom. The van der Waals surface area contributed by atoms with E-state index in [4.69, 9.17) is 28.6 Å². The van der Waals surface area contributed by atoms with Crippen molar-refractivity contribution in [2.24, 2.45) is 0 Å². The molecule has 0 unspecified atom stereocenters. The van der Waals surface area contributed by atoms with Gasteiger partial charge in [-0.3, -0.25) is 10.3 Å². The maximum absolute atomic E-state index is 8.11. The Balaban J connectivity index is 1.32. The first-order chi connectivity index (χ1) is 15.1. The molecule has 1 aliphatic rings. The Labute approximate surface area is 197 Å². The van der Waals surface area contributed by atoms with Gasteiger partial charge in [-0.15, -0.1) is 11.3 Å². The van der Waals surface area contributed by atoms with Gasteiger partial charge in [-0.1, -0.05) is 35.3 Å². The van der Waals surface area contributed by atoms with Gasteiger partial charge >= 0.3 is 0 Å². The zero-order chi connectivity index (χ0) is 21.6. The molecule has 2 N–H and O–H groups in total. The molecule has 1 aliphatic heterocycles. The number of thiophene rings is 1. The van der Waals surface area contributed by atoms with Crippen LogP contribution < -0.4 is 10.2 Å². The fourth-order valence-electron chi connectivity index (χ4n) is 3.54. The fraction of sp³-hybridized carbons (Fsp3) is 0.208. The van der Waals surface area contributed by atoms with Gasteiger partial charge in [-0.05, 0) is 65.6 Å². The lowest BCUT2D eigenvalue weighted by molar-refractivity contribution is 0.252. The third-order valence-electron chi connectivity index (χ3n) is 5.23. The molecule has 7 heteroatoms. The Kier molecular flexibility index (Phi) is 7.30. The topological polar surface area (TPSA) is 42.4 Å². The number of rotatable bonds is 6. The van der Waals surface area contributed by atoms with Crippen LogP contribution in [0.15, 0.2) is 66.1 Å². The lowest BCUT2D eigenvalue weighted by Gasteiger charge is -2.36. The van der Waals surface area contributed by atoms with Crippen LogP contribution in [0.5, 0.6) is 0 Å². The number of benzene rings is 2. The van der Waals surface area contributed by atoms with Crippen molar-refractivity contribution < 1.29 is 0 Å². The summed E-state index contributed by atoms with van der Waals surface area (Å²) in [6.07, 6.45) is 3.56. The van der Waals surface area contributed by atoms with Crippen LogP contribution in [0.2, 0.25) is 10.0 Å². The number of nitrogens with one attached hydrogen (secondary N) is 2. The van der Waals surface area contributed by atoms with Crippen LogP contribution >= 0.6 is 34.5 Å². The fourth-order valence-corrected chi connectivity index (χ4v) is 4.65. The average Bonchev–Trinajstić information content (AvgIpc) is 3.28. The normalized spacial score (nSPS) is 14.8. The van der Waals surface area contributed by atoms with Gasteiger partial charge in [0, 0.05) is 59.0 Å². The van der Waals surface area contributed by atoms with E-state index in [0.29, 0.717) is 10.0 Å². The van der Waals surface area contributed by atoms with Crippen molar-refractivity contribution in [2.75, 3.05) is 36.4 Å². The number of piperazine rings is 1. The first-order valence-electron chi connectivity index (χ1n) is 10.2.